The standard InChI is InChI=1S/C16H13ClFN3/c1-10-4-2-3-5-15(10)21-9-14(19)16(20-21)12-7-6-11(18)8-13(12)17/h2-9H,19H2,1H3. The van der Waals surface area contributed by atoms with E-state index in [4.69, 9.17) is 17.3 Å². The maximum absolute atomic E-state index is 13.1. The van der Waals surface area contributed by atoms with Gasteiger partial charge in [-0.3, -0.25) is 0 Å². The van der Waals surface area contributed by atoms with E-state index in [1.165, 1.54) is 12.1 Å². The summed E-state index contributed by atoms with van der Waals surface area (Å²) in [7, 11) is 0. The predicted octanol–water partition coefficient (Wildman–Crippen LogP) is 4.22. The van der Waals surface area contributed by atoms with Gasteiger partial charge >= 0.3 is 0 Å². The van der Waals surface area contributed by atoms with Crippen LogP contribution in [0.25, 0.3) is 16.9 Å². The third-order valence-electron chi connectivity index (χ3n) is 3.29. The quantitative estimate of drug-likeness (QED) is 0.770. The molecule has 3 rings (SSSR count). The highest BCUT2D eigenvalue weighted by Gasteiger charge is 2.14. The van der Waals surface area contributed by atoms with Gasteiger partial charge in [-0.1, -0.05) is 29.8 Å². The fourth-order valence-corrected chi connectivity index (χ4v) is 2.48. The summed E-state index contributed by atoms with van der Waals surface area (Å²) in [6.45, 7) is 2.00. The first-order chi connectivity index (χ1) is 10.1. The molecule has 0 saturated heterocycles. The zero-order valence-corrected chi connectivity index (χ0v) is 12.1. The Kier molecular flexibility index (Phi) is 3.39. The van der Waals surface area contributed by atoms with Gasteiger partial charge in [0.25, 0.3) is 0 Å². The van der Waals surface area contributed by atoms with Crippen LogP contribution in [0.2, 0.25) is 5.02 Å². The molecule has 3 nitrogen and oxygen atoms in total. The van der Waals surface area contributed by atoms with E-state index in [2.05, 4.69) is 5.10 Å². The molecule has 1 aromatic heterocycles. The van der Waals surface area contributed by atoms with E-state index in [-0.39, 0.29) is 10.8 Å². The minimum Gasteiger partial charge on any atom is -0.396 e. The highest BCUT2D eigenvalue weighted by atomic mass is 35.5. The molecule has 0 aliphatic heterocycles. The molecule has 0 saturated carbocycles. The van der Waals surface area contributed by atoms with E-state index < -0.39 is 0 Å². The molecule has 0 unspecified atom stereocenters. The third-order valence-corrected chi connectivity index (χ3v) is 3.60. The van der Waals surface area contributed by atoms with Gasteiger partial charge < -0.3 is 5.73 Å². The summed E-state index contributed by atoms with van der Waals surface area (Å²) in [4.78, 5) is 0. The Morgan fingerprint density at radius 2 is 1.95 bits per heavy atom. The van der Waals surface area contributed by atoms with Crippen molar-refractivity contribution in [2.24, 2.45) is 0 Å². The zero-order valence-electron chi connectivity index (χ0n) is 11.3. The molecular weight excluding hydrogens is 289 g/mol. The number of para-hydroxylation sites is 1. The second-order valence-electron chi connectivity index (χ2n) is 4.79. The van der Waals surface area contributed by atoms with Crippen LogP contribution in [0.4, 0.5) is 10.1 Å². The summed E-state index contributed by atoms with van der Waals surface area (Å²) in [6, 6.07) is 12.0. The fraction of sp³-hybridized carbons (Fsp3) is 0.0625. The minimum absolute atomic E-state index is 0.289. The molecule has 0 aliphatic carbocycles. The first-order valence-corrected chi connectivity index (χ1v) is 6.80. The van der Waals surface area contributed by atoms with Gasteiger partial charge in [-0.05, 0) is 36.8 Å². The third kappa shape index (κ3) is 2.50. The number of nitrogens with zero attached hydrogens (tertiary/aromatic N) is 2. The number of anilines is 1. The number of hydrogen-bond acceptors (Lipinski definition) is 2. The summed E-state index contributed by atoms with van der Waals surface area (Å²) in [5, 5.41) is 4.78. The highest BCUT2D eigenvalue weighted by Crippen LogP contribution is 2.32. The van der Waals surface area contributed by atoms with Gasteiger partial charge in [0.2, 0.25) is 0 Å². The largest absolute Gasteiger partial charge is 0.396 e. The number of aryl methyl sites for hydroxylation is 1. The molecule has 2 N–H and O–H groups in total. The molecule has 0 bridgehead atoms. The molecule has 106 valence electrons. The van der Waals surface area contributed by atoms with Crippen molar-refractivity contribution in [3.63, 3.8) is 0 Å². The van der Waals surface area contributed by atoms with Crippen molar-refractivity contribution in [1.82, 2.24) is 9.78 Å². The number of benzene rings is 2. The molecule has 0 fully saturated rings. The van der Waals surface area contributed by atoms with Crippen LogP contribution < -0.4 is 5.73 Å². The van der Waals surface area contributed by atoms with Crippen LogP contribution in [0.1, 0.15) is 5.56 Å². The Balaban J connectivity index is 2.12. The number of nitrogens with two attached hydrogens (primary N) is 1. The Labute approximate surface area is 126 Å². The topological polar surface area (TPSA) is 43.8 Å². The van der Waals surface area contributed by atoms with E-state index >= 15 is 0 Å². The Bertz CT molecular complexity index is 811. The van der Waals surface area contributed by atoms with Crippen LogP contribution in [0, 0.1) is 12.7 Å². The lowest BCUT2D eigenvalue weighted by molar-refractivity contribution is 0.628. The van der Waals surface area contributed by atoms with Crippen molar-refractivity contribution < 1.29 is 4.39 Å². The monoisotopic (exact) mass is 301 g/mol. The number of aromatic nitrogens is 2. The molecule has 21 heavy (non-hydrogen) atoms. The second-order valence-corrected chi connectivity index (χ2v) is 5.20. The number of nitrogen functional groups attached to an aromatic ring is 1. The van der Waals surface area contributed by atoms with E-state index in [0.29, 0.717) is 16.9 Å². The molecule has 0 atom stereocenters. The summed E-state index contributed by atoms with van der Waals surface area (Å²) in [5.41, 5.74) is 9.70. The SMILES string of the molecule is Cc1ccccc1-n1cc(N)c(-c2ccc(F)cc2Cl)n1. The molecule has 0 spiro atoms. The van der Waals surface area contributed by atoms with Gasteiger partial charge in [0.15, 0.2) is 0 Å². The summed E-state index contributed by atoms with van der Waals surface area (Å²) >= 11 is 6.08. The van der Waals surface area contributed by atoms with Crippen molar-refractivity contribution in [1.29, 1.82) is 0 Å². The molecule has 2 aromatic carbocycles. The normalized spacial score (nSPS) is 10.8. The maximum atomic E-state index is 13.1. The van der Waals surface area contributed by atoms with Crippen LogP contribution >= 0.6 is 11.6 Å². The summed E-state index contributed by atoms with van der Waals surface area (Å²) in [6.07, 6.45) is 1.73. The van der Waals surface area contributed by atoms with E-state index in [1.54, 1.807) is 16.9 Å². The van der Waals surface area contributed by atoms with Crippen LogP contribution in [-0.4, -0.2) is 9.78 Å². The minimum atomic E-state index is -0.388. The lowest BCUT2D eigenvalue weighted by Gasteiger charge is -2.05. The van der Waals surface area contributed by atoms with Crippen molar-refractivity contribution in [3.8, 4) is 16.9 Å². The molecule has 0 aliphatic rings. The Hall–Kier alpha value is -2.33. The smallest absolute Gasteiger partial charge is 0.124 e. The highest BCUT2D eigenvalue weighted by molar-refractivity contribution is 6.33. The van der Waals surface area contributed by atoms with E-state index in [1.807, 2.05) is 31.2 Å². The zero-order chi connectivity index (χ0) is 15.0. The summed E-state index contributed by atoms with van der Waals surface area (Å²) < 4.78 is 14.9. The van der Waals surface area contributed by atoms with Crippen LogP contribution in [0.15, 0.2) is 48.7 Å². The number of hydrogen-bond donors (Lipinski definition) is 1. The second kappa shape index (κ2) is 5.22. The molecule has 3 aromatic rings. The van der Waals surface area contributed by atoms with Gasteiger partial charge in [-0.15, -0.1) is 0 Å². The van der Waals surface area contributed by atoms with Gasteiger partial charge in [-0.25, -0.2) is 9.07 Å². The van der Waals surface area contributed by atoms with Crippen LogP contribution in [-0.2, 0) is 0 Å². The lowest BCUT2D eigenvalue weighted by atomic mass is 10.1. The maximum Gasteiger partial charge on any atom is 0.124 e. The molecule has 0 radical (unpaired) electrons. The molecular formula is C16H13ClFN3. The van der Waals surface area contributed by atoms with Crippen LogP contribution in [0.5, 0.6) is 0 Å². The van der Waals surface area contributed by atoms with Gasteiger partial charge in [0.1, 0.15) is 11.5 Å². The van der Waals surface area contributed by atoms with Gasteiger partial charge in [0, 0.05) is 5.56 Å². The van der Waals surface area contributed by atoms with E-state index in [9.17, 15) is 4.39 Å². The van der Waals surface area contributed by atoms with Crippen LogP contribution in [0.3, 0.4) is 0 Å². The first kappa shape index (κ1) is 13.6. The van der Waals surface area contributed by atoms with Crippen molar-refractivity contribution >= 4 is 17.3 Å². The lowest BCUT2D eigenvalue weighted by Crippen LogP contribution is -1.97. The Morgan fingerprint density at radius 3 is 2.67 bits per heavy atom. The number of rotatable bonds is 2. The summed E-state index contributed by atoms with van der Waals surface area (Å²) in [5.74, 6) is -0.388. The van der Waals surface area contributed by atoms with E-state index in [0.717, 1.165) is 11.3 Å². The van der Waals surface area contributed by atoms with Gasteiger partial charge in [0.05, 0.1) is 22.6 Å². The fourth-order valence-electron chi connectivity index (χ4n) is 2.22. The predicted molar refractivity (Wildman–Crippen MR) is 83.1 cm³/mol. The molecule has 5 heteroatoms. The number of halogens is 2. The van der Waals surface area contributed by atoms with Crippen molar-refractivity contribution in [2.75, 3.05) is 5.73 Å². The average molecular weight is 302 g/mol. The van der Waals surface area contributed by atoms with Gasteiger partial charge in [-0.2, -0.15) is 5.10 Å². The van der Waals surface area contributed by atoms with Crippen molar-refractivity contribution in [3.05, 3.63) is 65.1 Å². The molecule has 1 heterocycles. The first-order valence-electron chi connectivity index (χ1n) is 6.43. The Morgan fingerprint density at radius 1 is 1.19 bits per heavy atom. The van der Waals surface area contributed by atoms with Crippen molar-refractivity contribution in [2.45, 2.75) is 6.92 Å². The average Bonchev–Trinajstić information content (AvgIpc) is 2.81. The molecule has 0 amide bonds.